The topological polar surface area (TPSA) is 199 Å². The van der Waals surface area contributed by atoms with Gasteiger partial charge in [0.25, 0.3) is 0 Å². The van der Waals surface area contributed by atoms with E-state index in [4.69, 9.17) is 50.0 Å². The molecule has 1 aromatic rings. The van der Waals surface area contributed by atoms with E-state index in [0.717, 1.165) is 5.56 Å². The molecule has 0 fully saturated rings. The SMILES string of the molecule is O=S(=O)(O)O.O=S(=O)(O)O.OCC(CO)OCc1ccccc1. The molecule has 0 heterocycles. The Bertz CT molecular complexity index is 547. The van der Waals surface area contributed by atoms with Crippen molar-refractivity contribution in [2.45, 2.75) is 12.7 Å². The molecule has 0 amide bonds. The zero-order valence-electron chi connectivity index (χ0n) is 11.6. The molecule has 0 unspecified atom stereocenters. The Morgan fingerprint density at radius 1 is 0.826 bits per heavy atom. The molecule has 23 heavy (non-hydrogen) atoms. The van der Waals surface area contributed by atoms with E-state index in [1.54, 1.807) is 0 Å². The quantitative estimate of drug-likeness (QED) is 0.352. The van der Waals surface area contributed by atoms with Gasteiger partial charge in [-0.25, -0.2) is 0 Å². The maximum Gasteiger partial charge on any atom is 0.394 e. The lowest BCUT2D eigenvalue weighted by Gasteiger charge is -2.11. The highest BCUT2D eigenvalue weighted by atomic mass is 32.3. The Hall–Kier alpha value is -1.16. The third-order valence-corrected chi connectivity index (χ3v) is 1.74. The lowest BCUT2D eigenvalue weighted by Crippen LogP contribution is -2.21. The van der Waals surface area contributed by atoms with Crippen molar-refractivity contribution < 1.29 is 50.0 Å². The van der Waals surface area contributed by atoms with Crippen LogP contribution in [0.15, 0.2) is 30.3 Å². The summed E-state index contributed by atoms with van der Waals surface area (Å²) < 4.78 is 68.4. The smallest absolute Gasteiger partial charge is 0.394 e. The number of hydrogen-bond acceptors (Lipinski definition) is 7. The molecular formula is C10H18O11S2. The van der Waals surface area contributed by atoms with Crippen molar-refractivity contribution in [1.29, 1.82) is 0 Å². The zero-order chi connectivity index (χ0) is 18.5. The lowest BCUT2D eigenvalue weighted by molar-refractivity contribution is -0.0284. The van der Waals surface area contributed by atoms with Crippen LogP contribution in [-0.2, 0) is 32.1 Å². The molecule has 13 heteroatoms. The highest BCUT2D eigenvalue weighted by Crippen LogP contribution is 2.02. The summed E-state index contributed by atoms with van der Waals surface area (Å²) in [5.41, 5.74) is 1.04. The first kappa shape index (κ1) is 24.1. The maximum atomic E-state index is 8.74. The lowest BCUT2D eigenvalue weighted by atomic mass is 10.2. The van der Waals surface area contributed by atoms with Crippen LogP contribution in [-0.4, -0.2) is 64.6 Å². The molecule has 0 aromatic heterocycles. The average Bonchev–Trinajstić information content (AvgIpc) is 2.37. The van der Waals surface area contributed by atoms with Crippen LogP contribution >= 0.6 is 0 Å². The molecule has 0 saturated heterocycles. The molecule has 11 nitrogen and oxygen atoms in total. The Morgan fingerprint density at radius 3 is 1.48 bits per heavy atom. The van der Waals surface area contributed by atoms with Crippen molar-refractivity contribution in [1.82, 2.24) is 0 Å². The number of hydrogen-bond donors (Lipinski definition) is 6. The molecule has 0 aliphatic carbocycles. The van der Waals surface area contributed by atoms with Crippen LogP contribution in [0.5, 0.6) is 0 Å². The predicted octanol–water partition coefficient (Wildman–Crippen LogP) is -0.749. The van der Waals surface area contributed by atoms with Crippen molar-refractivity contribution in [3.05, 3.63) is 35.9 Å². The van der Waals surface area contributed by atoms with Crippen molar-refractivity contribution >= 4 is 20.8 Å². The standard InChI is InChI=1S/C10H14O3.2H2O4S/c11-6-10(7-12)13-8-9-4-2-1-3-5-9;2*1-5(2,3)4/h1-5,10-12H,6-8H2;2*(H2,1,2,3,4). The van der Waals surface area contributed by atoms with Gasteiger partial charge < -0.3 is 14.9 Å². The fourth-order valence-electron chi connectivity index (χ4n) is 0.951. The van der Waals surface area contributed by atoms with E-state index < -0.39 is 26.9 Å². The van der Waals surface area contributed by atoms with Gasteiger partial charge in [0.2, 0.25) is 0 Å². The molecule has 1 rings (SSSR count). The Balaban J connectivity index is 0. The fraction of sp³-hybridized carbons (Fsp3) is 0.400. The van der Waals surface area contributed by atoms with Crippen molar-refractivity contribution in [3.63, 3.8) is 0 Å². The number of aliphatic hydroxyl groups is 2. The normalized spacial score (nSPS) is 11.1. The van der Waals surface area contributed by atoms with Gasteiger partial charge in [0, 0.05) is 0 Å². The molecule has 0 aliphatic rings. The van der Waals surface area contributed by atoms with Crippen LogP contribution in [0.4, 0.5) is 0 Å². The van der Waals surface area contributed by atoms with Crippen LogP contribution in [0.3, 0.4) is 0 Å². The van der Waals surface area contributed by atoms with E-state index in [0.29, 0.717) is 6.61 Å². The minimum absolute atomic E-state index is 0.149. The average molecular weight is 378 g/mol. The highest BCUT2D eigenvalue weighted by molar-refractivity contribution is 7.80. The molecule has 0 saturated carbocycles. The first-order chi connectivity index (χ1) is 10.4. The molecule has 0 atom stereocenters. The van der Waals surface area contributed by atoms with Crippen LogP contribution in [0.2, 0.25) is 0 Å². The van der Waals surface area contributed by atoms with Crippen LogP contribution < -0.4 is 0 Å². The van der Waals surface area contributed by atoms with Gasteiger partial charge in [-0.1, -0.05) is 30.3 Å². The van der Waals surface area contributed by atoms with Crippen molar-refractivity contribution in [3.8, 4) is 0 Å². The summed E-state index contributed by atoms with van der Waals surface area (Å²) in [6.07, 6.45) is -0.472. The molecule has 6 N–H and O–H groups in total. The number of ether oxygens (including phenoxy) is 1. The van der Waals surface area contributed by atoms with Gasteiger partial charge >= 0.3 is 20.8 Å². The summed E-state index contributed by atoms with van der Waals surface area (Å²) in [7, 11) is -9.33. The summed E-state index contributed by atoms with van der Waals surface area (Å²) in [4.78, 5) is 0. The number of benzene rings is 1. The third kappa shape index (κ3) is 29.5. The van der Waals surface area contributed by atoms with E-state index in [9.17, 15) is 0 Å². The fourth-order valence-corrected chi connectivity index (χ4v) is 0.951. The van der Waals surface area contributed by atoms with Gasteiger partial charge in [-0.3, -0.25) is 18.2 Å². The van der Waals surface area contributed by atoms with Crippen LogP contribution in [0.1, 0.15) is 5.56 Å². The minimum atomic E-state index is -4.67. The third-order valence-electron chi connectivity index (χ3n) is 1.74. The first-order valence-electron chi connectivity index (χ1n) is 5.63. The number of aliphatic hydroxyl groups excluding tert-OH is 2. The molecule has 0 spiro atoms. The largest absolute Gasteiger partial charge is 0.394 e. The zero-order valence-corrected chi connectivity index (χ0v) is 13.3. The minimum Gasteiger partial charge on any atom is -0.394 e. The predicted molar refractivity (Wildman–Crippen MR) is 77.5 cm³/mol. The van der Waals surface area contributed by atoms with Gasteiger partial charge in [0.15, 0.2) is 0 Å². The summed E-state index contributed by atoms with van der Waals surface area (Å²) >= 11 is 0. The molecule has 0 aliphatic heterocycles. The van der Waals surface area contributed by atoms with Gasteiger partial charge in [-0.05, 0) is 5.56 Å². The van der Waals surface area contributed by atoms with E-state index in [2.05, 4.69) is 0 Å². The van der Waals surface area contributed by atoms with Crippen molar-refractivity contribution in [2.24, 2.45) is 0 Å². The summed E-state index contributed by atoms with van der Waals surface area (Å²) in [6, 6.07) is 9.65. The van der Waals surface area contributed by atoms with Gasteiger partial charge in [0.05, 0.1) is 19.8 Å². The maximum absolute atomic E-state index is 8.74. The van der Waals surface area contributed by atoms with Crippen LogP contribution in [0.25, 0.3) is 0 Å². The second-order valence-electron chi connectivity index (χ2n) is 3.68. The van der Waals surface area contributed by atoms with Crippen LogP contribution in [0, 0.1) is 0 Å². The molecular weight excluding hydrogens is 360 g/mol. The van der Waals surface area contributed by atoms with E-state index in [1.807, 2.05) is 30.3 Å². The molecule has 0 bridgehead atoms. The van der Waals surface area contributed by atoms with Crippen molar-refractivity contribution in [2.75, 3.05) is 13.2 Å². The Kier molecular flexibility index (Phi) is 12.9. The van der Waals surface area contributed by atoms with E-state index >= 15 is 0 Å². The second kappa shape index (κ2) is 12.3. The van der Waals surface area contributed by atoms with Gasteiger partial charge in [-0.2, -0.15) is 16.8 Å². The van der Waals surface area contributed by atoms with E-state index in [1.165, 1.54) is 0 Å². The Morgan fingerprint density at radius 2 is 1.17 bits per heavy atom. The molecule has 136 valence electrons. The summed E-state index contributed by atoms with van der Waals surface area (Å²) in [5.74, 6) is 0. The molecule has 0 radical (unpaired) electrons. The highest BCUT2D eigenvalue weighted by Gasteiger charge is 2.04. The van der Waals surface area contributed by atoms with E-state index in [-0.39, 0.29) is 13.2 Å². The monoisotopic (exact) mass is 378 g/mol. The summed E-state index contributed by atoms with van der Waals surface area (Å²) in [6.45, 7) is 0.124. The second-order valence-corrected chi connectivity index (χ2v) is 5.47. The first-order valence-corrected chi connectivity index (χ1v) is 8.43. The van der Waals surface area contributed by atoms with Gasteiger partial charge in [0.1, 0.15) is 6.10 Å². The summed E-state index contributed by atoms with van der Waals surface area (Å²) in [5, 5.41) is 17.4. The molecule has 1 aromatic carbocycles. The Labute approximate surface area is 133 Å². The number of rotatable bonds is 5. The van der Waals surface area contributed by atoms with Gasteiger partial charge in [-0.15, -0.1) is 0 Å².